The van der Waals surface area contributed by atoms with Gasteiger partial charge in [-0.25, -0.2) is 4.39 Å². The summed E-state index contributed by atoms with van der Waals surface area (Å²) in [6, 6.07) is 18.6. The van der Waals surface area contributed by atoms with E-state index in [4.69, 9.17) is 9.15 Å². The summed E-state index contributed by atoms with van der Waals surface area (Å²) < 4.78 is 25.6. The quantitative estimate of drug-likeness (QED) is 0.473. The Kier molecular flexibility index (Phi) is 5.34. The number of aryl methyl sites for hydroxylation is 1. The van der Waals surface area contributed by atoms with Crippen LogP contribution in [0.1, 0.15) is 33.1 Å². The molecule has 4 aromatic rings. The molecule has 1 N–H and O–H groups in total. The standard InChI is InChI=1S/C23H19FN2O4/c1-26-23(28)22(29-14-16-5-3-2-4-6-16)20(25-26)21(27)19-12-11-18(30-19)13-15-7-9-17(24)10-8-15/h2-12,25H,13-14H2,1H3. The Morgan fingerprint density at radius 3 is 2.50 bits per heavy atom. The first kappa shape index (κ1) is 19.4. The van der Waals surface area contributed by atoms with E-state index in [1.165, 1.54) is 23.9 Å². The van der Waals surface area contributed by atoms with Gasteiger partial charge in [-0.05, 0) is 35.4 Å². The zero-order chi connectivity index (χ0) is 21.1. The van der Waals surface area contributed by atoms with Crippen LogP contribution in [-0.2, 0) is 20.1 Å². The van der Waals surface area contributed by atoms with Crippen LogP contribution >= 0.6 is 0 Å². The lowest BCUT2D eigenvalue weighted by Gasteiger charge is -2.05. The van der Waals surface area contributed by atoms with Crippen LogP contribution in [-0.4, -0.2) is 15.6 Å². The fourth-order valence-corrected chi connectivity index (χ4v) is 3.07. The van der Waals surface area contributed by atoms with E-state index in [9.17, 15) is 14.0 Å². The van der Waals surface area contributed by atoms with Crippen LogP contribution < -0.4 is 10.3 Å². The topological polar surface area (TPSA) is 77.2 Å². The van der Waals surface area contributed by atoms with E-state index in [0.717, 1.165) is 11.1 Å². The minimum Gasteiger partial charge on any atom is -0.481 e. The summed E-state index contributed by atoms with van der Waals surface area (Å²) in [6.07, 6.45) is 0.413. The molecule has 0 aliphatic rings. The van der Waals surface area contributed by atoms with E-state index in [0.29, 0.717) is 12.2 Å². The number of rotatable bonds is 7. The van der Waals surface area contributed by atoms with Crippen molar-refractivity contribution < 1.29 is 18.3 Å². The summed E-state index contributed by atoms with van der Waals surface area (Å²) in [5.74, 6) is -0.220. The molecule has 0 atom stereocenters. The van der Waals surface area contributed by atoms with Gasteiger partial charge in [0.2, 0.25) is 11.5 Å². The molecule has 0 fully saturated rings. The Morgan fingerprint density at radius 1 is 1.03 bits per heavy atom. The molecule has 2 heterocycles. The number of halogens is 1. The zero-order valence-corrected chi connectivity index (χ0v) is 16.2. The molecule has 4 rings (SSSR count). The molecule has 6 nitrogen and oxygen atoms in total. The molecule has 0 saturated carbocycles. The van der Waals surface area contributed by atoms with Crippen molar-refractivity contribution in [3.63, 3.8) is 0 Å². The number of hydrogen-bond acceptors (Lipinski definition) is 4. The van der Waals surface area contributed by atoms with Crippen LogP contribution in [0, 0.1) is 5.82 Å². The Balaban J connectivity index is 1.54. The second kappa shape index (κ2) is 8.24. The number of aromatic amines is 1. The van der Waals surface area contributed by atoms with E-state index >= 15 is 0 Å². The summed E-state index contributed by atoms with van der Waals surface area (Å²) in [4.78, 5) is 25.4. The van der Waals surface area contributed by atoms with Gasteiger partial charge in [-0.1, -0.05) is 42.5 Å². The van der Waals surface area contributed by atoms with Crippen LogP contribution in [0.4, 0.5) is 4.39 Å². The lowest BCUT2D eigenvalue weighted by atomic mass is 10.1. The number of H-pyrrole nitrogens is 1. The maximum Gasteiger partial charge on any atom is 0.309 e. The van der Waals surface area contributed by atoms with Gasteiger partial charge in [-0.3, -0.25) is 19.4 Å². The van der Waals surface area contributed by atoms with E-state index in [-0.39, 0.29) is 29.6 Å². The summed E-state index contributed by atoms with van der Waals surface area (Å²) in [6.45, 7) is 0.155. The maximum atomic E-state index is 13.1. The number of ether oxygens (including phenoxy) is 1. The van der Waals surface area contributed by atoms with Gasteiger partial charge >= 0.3 is 5.56 Å². The molecule has 0 aliphatic heterocycles. The Bertz CT molecular complexity index is 1220. The van der Waals surface area contributed by atoms with Gasteiger partial charge in [0.05, 0.1) is 0 Å². The van der Waals surface area contributed by atoms with E-state index in [1.807, 2.05) is 30.3 Å². The predicted octanol–water partition coefficient (Wildman–Crippen LogP) is 3.85. The van der Waals surface area contributed by atoms with Crippen molar-refractivity contribution in [1.29, 1.82) is 0 Å². The largest absolute Gasteiger partial charge is 0.481 e. The van der Waals surface area contributed by atoms with Crippen molar-refractivity contribution in [3.8, 4) is 5.75 Å². The molecule has 0 amide bonds. The number of benzene rings is 2. The van der Waals surface area contributed by atoms with E-state index in [2.05, 4.69) is 5.10 Å². The Hall–Kier alpha value is -3.87. The van der Waals surface area contributed by atoms with Crippen LogP contribution in [0.2, 0.25) is 0 Å². The lowest BCUT2D eigenvalue weighted by Crippen LogP contribution is -2.14. The second-order valence-electron chi connectivity index (χ2n) is 6.85. The number of nitrogens with one attached hydrogen (secondary N) is 1. The molecular formula is C23H19FN2O4. The number of nitrogens with zero attached hydrogens (tertiary/aromatic N) is 1. The third kappa shape index (κ3) is 4.10. The summed E-state index contributed by atoms with van der Waals surface area (Å²) >= 11 is 0. The van der Waals surface area contributed by atoms with Crippen LogP contribution in [0.15, 0.2) is 75.9 Å². The highest BCUT2D eigenvalue weighted by molar-refractivity contribution is 6.07. The SMILES string of the molecule is Cn1[nH]c(C(=O)c2ccc(Cc3ccc(F)cc3)o2)c(OCc2ccccc2)c1=O. The first-order valence-corrected chi connectivity index (χ1v) is 9.35. The molecule has 0 bridgehead atoms. The summed E-state index contributed by atoms with van der Waals surface area (Å²) in [5.41, 5.74) is 1.32. The number of furan rings is 1. The van der Waals surface area contributed by atoms with Crippen LogP contribution in [0.25, 0.3) is 0 Å². The van der Waals surface area contributed by atoms with Gasteiger partial charge in [0.25, 0.3) is 0 Å². The van der Waals surface area contributed by atoms with Crippen molar-refractivity contribution in [3.05, 3.63) is 111 Å². The highest BCUT2D eigenvalue weighted by Gasteiger charge is 2.24. The first-order valence-electron chi connectivity index (χ1n) is 9.35. The lowest BCUT2D eigenvalue weighted by molar-refractivity contribution is 0.0998. The Morgan fingerprint density at radius 2 is 1.77 bits per heavy atom. The van der Waals surface area contributed by atoms with Gasteiger partial charge in [-0.2, -0.15) is 0 Å². The second-order valence-corrected chi connectivity index (χ2v) is 6.85. The predicted molar refractivity (Wildman–Crippen MR) is 108 cm³/mol. The van der Waals surface area contributed by atoms with Crippen molar-refractivity contribution >= 4 is 5.78 Å². The Labute approximate surface area is 171 Å². The third-order valence-electron chi connectivity index (χ3n) is 4.64. The highest BCUT2D eigenvalue weighted by Crippen LogP contribution is 2.20. The number of ketones is 1. The minimum atomic E-state index is -0.485. The summed E-state index contributed by atoms with van der Waals surface area (Å²) in [5, 5.41) is 2.74. The van der Waals surface area contributed by atoms with Crippen molar-refractivity contribution in [2.24, 2.45) is 7.05 Å². The molecule has 0 radical (unpaired) electrons. The van der Waals surface area contributed by atoms with Gasteiger partial charge in [0.15, 0.2) is 11.5 Å². The average Bonchev–Trinajstić information content (AvgIpc) is 3.33. The van der Waals surface area contributed by atoms with Crippen molar-refractivity contribution in [2.45, 2.75) is 13.0 Å². The molecule has 0 unspecified atom stereocenters. The molecule has 2 aromatic carbocycles. The number of aromatic nitrogens is 2. The van der Waals surface area contributed by atoms with Gasteiger partial charge in [0.1, 0.15) is 18.2 Å². The van der Waals surface area contributed by atoms with Crippen LogP contribution in [0.3, 0.4) is 0 Å². The average molecular weight is 406 g/mol. The number of hydrogen-bond donors (Lipinski definition) is 1. The molecular weight excluding hydrogens is 387 g/mol. The minimum absolute atomic E-state index is 0.0288. The molecule has 0 spiro atoms. The normalized spacial score (nSPS) is 10.9. The molecule has 152 valence electrons. The smallest absolute Gasteiger partial charge is 0.309 e. The monoisotopic (exact) mass is 406 g/mol. The number of carbonyl (C=O) groups excluding carboxylic acids is 1. The van der Waals surface area contributed by atoms with Crippen LogP contribution in [0.5, 0.6) is 5.75 Å². The molecule has 0 saturated heterocycles. The fourth-order valence-electron chi connectivity index (χ4n) is 3.07. The maximum absolute atomic E-state index is 13.1. The molecule has 2 aromatic heterocycles. The van der Waals surface area contributed by atoms with E-state index < -0.39 is 11.3 Å². The third-order valence-corrected chi connectivity index (χ3v) is 4.64. The fraction of sp³-hybridized carbons (Fsp3) is 0.130. The first-order chi connectivity index (χ1) is 14.5. The molecule has 7 heteroatoms. The van der Waals surface area contributed by atoms with Gasteiger partial charge in [-0.15, -0.1) is 0 Å². The zero-order valence-electron chi connectivity index (χ0n) is 16.2. The van der Waals surface area contributed by atoms with E-state index in [1.54, 1.807) is 24.3 Å². The van der Waals surface area contributed by atoms with Gasteiger partial charge < -0.3 is 9.15 Å². The molecule has 30 heavy (non-hydrogen) atoms. The van der Waals surface area contributed by atoms with Crippen molar-refractivity contribution in [1.82, 2.24) is 9.78 Å². The van der Waals surface area contributed by atoms with Crippen molar-refractivity contribution in [2.75, 3.05) is 0 Å². The number of carbonyl (C=O) groups is 1. The van der Waals surface area contributed by atoms with Gasteiger partial charge in [0, 0.05) is 13.5 Å². The highest BCUT2D eigenvalue weighted by atomic mass is 19.1. The molecule has 0 aliphatic carbocycles. The summed E-state index contributed by atoms with van der Waals surface area (Å²) in [7, 11) is 1.51.